The average molecular weight is 269 g/mol. The van der Waals surface area contributed by atoms with Crippen LogP contribution in [0.1, 0.15) is 11.9 Å². The number of nitrogens with zero attached hydrogens (tertiary/aromatic N) is 1. The first-order valence-corrected chi connectivity index (χ1v) is 7.24. The number of rotatable bonds is 3. The Bertz CT molecular complexity index is 718. The molecule has 0 amide bonds. The summed E-state index contributed by atoms with van der Waals surface area (Å²) in [5.74, 6) is 0.939. The highest BCUT2D eigenvalue weighted by atomic mass is 32.1. The largest absolute Gasteiger partial charge is 0.493 e. The summed E-state index contributed by atoms with van der Waals surface area (Å²) in [6.07, 6.45) is 0. The summed E-state index contributed by atoms with van der Waals surface area (Å²) in [7, 11) is 0. The van der Waals surface area contributed by atoms with E-state index in [2.05, 4.69) is 34.6 Å². The summed E-state index contributed by atoms with van der Waals surface area (Å²) in [4.78, 5) is 4.58. The van der Waals surface area contributed by atoms with Crippen molar-refractivity contribution in [1.29, 1.82) is 0 Å². The van der Waals surface area contributed by atoms with Crippen molar-refractivity contribution in [3.63, 3.8) is 0 Å². The third-order valence-corrected chi connectivity index (χ3v) is 3.85. The lowest BCUT2D eigenvalue weighted by Crippen LogP contribution is -1.93. The van der Waals surface area contributed by atoms with Gasteiger partial charge in [0.1, 0.15) is 5.75 Å². The molecule has 1 heterocycles. The van der Waals surface area contributed by atoms with Crippen LogP contribution in [0, 0.1) is 6.92 Å². The number of aryl methyl sites for hydroxylation is 1. The molecule has 2 aromatic carbocycles. The summed E-state index contributed by atoms with van der Waals surface area (Å²) in [5, 5.41) is 5.54. The van der Waals surface area contributed by atoms with E-state index >= 15 is 0 Å². The molecule has 2 nitrogen and oxygen atoms in total. The lowest BCUT2D eigenvalue weighted by atomic mass is 10.0. The van der Waals surface area contributed by atoms with Crippen LogP contribution >= 0.6 is 11.3 Å². The molecule has 3 heteroatoms. The van der Waals surface area contributed by atoms with Gasteiger partial charge in [-0.15, -0.1) is 11.3 Å². The van der Waals surface area contributed by atoms with Crippen LogP contribution in [0.3, 0.4) is 0 Å². The van der Waals surface area contributed by atoms with E-state index in [4.69, 9.17) is 4.74 Å². The van der Waals surface area contributed by atoms with Crippen molar-refractivity contribution < 1.29 is 4.74 Å². The monoisotopic (exact) mass is 269 g/mol. The fourth-order valence-electron chi connectivity index (χ4n) is 2.26. The second-order valence-corrected chi connectivity index (χ2v) is 5.40. The molecule has 1 aromatic heterocycles. The van der Waals surface area contributed by atoms with Gasteiger partial charge >= 0.3 is 0 Å². The molecule has 0 atom stereocenters. The van der Waals surface area contributed by atoms with Gasteiger partial charge in [0.25, 0.3) is 0 Å². The van der Waals surface area contributed by atoms with Gasteiger partial charge < -0.3 is 4.74 Å². The Morgan fingerprint density at radius 1 is 1.11 bits per heavy atom. The maximum atomic E-state index is 5.70. The first-order valence-electron chi connectivity index (χ1n) is 6.36. The van der Waals surface area contributed by atoms with Gasteiger partial charge in [0.05, 0.1) is 17.3 Å². The number of hydrogen-bond donors (Lipinski definition) is 0. The summed E-state index contributed by atoms with van der Waals surface area (Å²) < 4.78 is 5.70. The Labute approximate surface area is 116 Å². The molecule has 96 valence electrons. The topological polar surface area (TPSA) is 22.1 Å². The van der Waals surface area contributed by atoms with Gasteiger partial charge in [0.15, 0.2) is 0 Å². The van der Waals surface area contributed by atoms with Gasteiger partial charge in [-0.25, -0.2) is 4.98 Å². The molecule has 3 aromatic rings. The smallest absolute Gasteiger partial charge is 0.127 e. The van der Waals surface area contributed by atoms with Crippen LogP contribution in [0.25, 0.3) is 22.0 Å². The van der Waals surface area contributed by atoms with Crippen molar-refractivity contribution in [2.45, 2.75) is 13.8 Å². The third kappa shape index (κ3) is 2.22. The Balaban J connectivity index is 2.24. The zero-order chi connectivity index (χ0) is 13.2. The summed E-state index contributed by atoms with van der Waals surface area (Å²) in [6, 6.07) is 12.5. The number of benzene rings is 2. The second kappa shape index (κ2) is 5.02. The molecule has 0 bridgehead atoms. The minimum atomic E-state index is 0.680. The Kier molecular flexibility index (Phi) is 3.22. The number of thiazole rings is 1. The maximum Gasteiger partial charge on any atom is 0.127 e. The molecular weight excluding hydrogens is 254 g/mol. The molecule has 0 saturated heterocycles. The molecule has 0 N–H and O–H groups in total. The van der Waals surface area contributed by atoms with Crippen LogP contribution in [0.15, 0.2) is 41.8 Å². The van der Waals surface area contributed by atoms with Crippen LogP contribution in [0.2, 0.25) is 0 Å². The Morgan fingerprint density at radius 3 is 2.58 bits per heavy atom. The van der Waals surface area contributed by atoms with Gasteiger partial charge in [-0.1, -0.05) is 24.3 Å². The van der Waals surface area contributed by atoms with Crippen molar-refractivity contribution in [1.82, 2.24) is 4.98 Å². The second-order valence-electron chi connectivity index (χ2n) is 4.34. The highest BCUT2D eigenvalue weighted by Crippen LogP contribution is 2.34. The molecule has 0 spiro atoms. The molecule has 0 aliphatic heterocycles. The molecule has 0 saturated carbocycles. The van der Waals surface area contributed by atoms with Crippen molar-refractivity contribution in [3.8, 4) is 17.0 Å². The lowest BCUT2D eigenvalue weighted by Gasteiger charge is -2.10. The van der Waals surface area contributed by atoms with E-state index in [0.29, 0.717) is 6.61 Å². The molecule has 0 radical (unpaired) electrons. The molecule has 0 fully saturated rings. The standard InChI is InChI=1S/C16H15NOS/c1-3-18-16-9-8-13(15-10-19-11(2)17-15)12-6-4-5-7-14(12)16/h4-10H,3H2,1-2H3. The SMILES string of the molecule is CCOc1ccc(-c2csc(C)n2)c2ccccc12. The van der Waals surface area contributed by atoms with Gasteiger partial charge in [0, 0.05) is 16.3 Å². The third-order valence-electron chi connectivity index (χ3n) is 3.08. The fraction of sp³-hybridized carbons (Fsp3) is 0.188. The number of hydrogen-bond acceptors (Lipinski definition) is 3. The highest BCUT2D eigenvalue weighted by molar-refractivity contribution is 7.09. The molecule has 0 aliphatic carbocycles. The van der Waals surface area contributed by atoms with Gasteiger partial charge in [0.2, 0.25) is 0 Å². The lowest BCUT2D eigenvalue weighted by molar-refractivity contribution is 0.344. The van der Waals surface area contributed by atoms with E-state index in [1.807, 2.05) is 26.0 Å². The summed E-state index contributed by atoms with van der Waals surface area (Å²) in [5.41, 5.74) is 2.21. The van der Waals surface area contributed by atoms with Crippen molar-refractivity contribution in [2.75, 3.05) is 6.61 Å². The molecule has 19 heavy (non-hydrogen) atoms. The normalized spacial score (nSPS) is 10.8. The van der Waals surface area contributed by atoms with Gasteiger partial charge in [-0.2, -0.15) is 0 Å². The van der Waals surface area contributed by atoms with E-state index in [1.165, 1.54) is 10.9 Å². The van der Waals surface area contributed by atoms with Crippen LogP contribution in [-0.4, -0.2) is 11.6 Å². The summed E-state index contributed by atoms with van der Waals surface area (Å²) in [6.45, 7) is 4.72. The van der Waals surface area contributed by atoms with Crippen LogP contribution in [0.4, 0.5) is 0 Å². The van der Waals surface area contributed by atoms with Crippen LogP contribution < -0.4 is 4.74 Å². The van der Waals surface area contributed by atoms with Crippen LogP contribution in [0.5, 0.6) is 5.75 Å². The van der Waals surface area contributed by atoms with E-state index in [1.54, 1.807) is 11.3 Å². The number of ether oxygens (including phenoxy) is 1. The Morgan fingerprint density at radius 2 is 1.89 bits per heavy atom. The van der Waals surface area contributed by atoms with Crippen molar-refractivity contribution in [2.24, 2.45) is 0 Å². The predicted octanol–water partition coefficient (Wildman–Crippen LogP) is 4.67. The van der Waals surface area contributed by atoms with Crippen molar-refractivity contribution in [3.05, 3.63) is 46.8 Å². The van der Waals surface area contributed by atoms with Crippen molar-refractivity contribution >= 4 is 22.1 Å². The highest BCUT2D eigenvalue weighted by Gasteiger charge is 2.10. The molecular formula is C16H15NOS. The van der Waals surface area contributed by atoms with Gasteiger partial charge in [-0.3, -0.25) is 0 Å². The minimum absolute atomic E-state index is 0.680. The molecule has 0 unspecified atom stereocenters. The van der Waals surface area contributed by atoms with E-state index in [0.717, 1.165) is 21.8 Å². The van der Waals surface area contributed by atoms with Crippen LogP contribution in [-0.2, 0) is 0 Å². The average Bonchev–Trinajstić information content (AvgIpc) is 2.86. The maximum absolute atomic E-state index is 5.70. The van der Waals surface area contributed by atoms with E-state index in [9.17, 15) is 0 Å². The van der Waals surface area contributed by atoms with E-state index < -0.39 is 0 Å². The predicted molar refractivity (Wildman–Crippen MR) is 81.0 cm³/mol. The quantitative estimate of drug-likeness (QED) is 0.689. The fourth-order valence-corrected chi connectivity index (χ4v) is 2.88. The molecule has 3 rings (SSSR count). The van der Waals surface area contributed by atoms with Gasteiger partial charge in [-0.05, 0) is 31.4 Å². The first kappa shape index (κ1) is 12.2. The number of fused-ring (bicyclic) bond motifs is 1. The zero-order valence-electron chi connectivity index (χ0n) is 11.0. The summed E-state index contributed by atoms with van der Waals surface area (Å²) >= 11 is 1.68. The molecule has 0 aliphatic rings. The first-order chi connectivity index (χ1) is 9.29. The number of aromatic nitrogens is 1. The Hall–Kier alpha value is -1.87. The van der Waals surface area contributed by atoms with E-state index in [-0.39, 0.29) is 0 Å². The zero-order valence-corrected chi connectivity index (χ0v) is 11.8. The minimum Gasteiger partial charge on any atom is -0.493 e.